The van der Waals surface area contributed by atoms with Gasteiger partial charge in [0.15, 0.2) is 5.79 Å². The number of hydrogen-bond acceptors (Lipinski definition) is 4. The maximum absolute atomic E-state index is 5.83. The zero-order valence-corrected chi connectivity index (χ0v) is 12.0. The Bertz CT molecular complexity index is 275. The fraction of sp³-hybridized carbons (Fsp3) is 1.00. The van der Waals surface area contributed by atoms with Crippen LogP contribution in [0.2, 0.25) is 0 Å². The molecule has 0 aromatic heterocycles. The van der Waals surface area contributed by atoms with Crippen LogP contribution in [0.3, 0.4) is 0 Å². The summed E-state index contributed by atoms with van der Waals surface area (Å²) < 4.78 is 17.4. The lowest BCUT2D eigenvalue weighted by molar-refractivity contribution is -0.180. The van der Waals surface area contributed by atoms with E-state index < -0.39 is 0 Å². The molecule has 4 nitrogen and oxygen atoms in total. The van der Waals surface area contributed by atoms with E-state index in [4.69, 9.17) is 14.2 Å². The Kier molecular flexibility index (Phi) is 4.42. The summed E-state index contributed by atoms with van der Waals surface area (Å²) in [7, 11) is 0. The first-order chi connectivity index (χ1) is 9.31. The predicted molar refractivity (Wildman–Crippen MR) is 73.1 cm³/mol. The summed E-state index contributed by atoms with van der Waals surface area (Å²) in [6.07, 6.45) is 8.40. The Hall–Kier alpha value is -0.160. The molecule has 3 aliphatic rings. The molecule has 1 spiro atoms. The predicted octanol–water partition coefficient (Wildman–Crippen LogP) is 2.22. The van der Waals surface area contributed by atoms with Gasteiger partial charge < -0.3 is 19.5 Å². The molecule has 0 radical (unpaired) electrons. The Balaban J connectivity index is 1.47. The van der Waals surface area contributed by atoms with Gasteiger partial charge in [0.1, 0.15) is 0 Å². The minimum absolute atomic E-state index is 0.232. The number of hydrogen-bond donors (Lipinski definition) is 1. The van der Waals surface area contributed by atoms with E-state index in [0.29, 0.717) is 18.2 Å². The van der Waals surface area contributed by atoms with Crippen molar-refractivity contribution in [2.75, 3.05) is 19.8 Å². The highest BCUT2D eigenvalue weighted by Crippen LogP contribution is 2.36. The Morgan fingerprint density at radius 3 is 2.42 bits per heavy atom. The number of nitrogens with one attached hydrogen (secondary N) is 1. The monoisotopic (exact) mass is 269 g/mol. The van der Waals surface area contributed by atoms with Gasteiger partial charge >= 0.3 is 0 Å². The van der Waals surface area contributed by atoms with Crippen LogP contribution in [0, 0.1) is 0 Å². The normalized spacial score (nSPS) is 33.0. The van der Waals surface area contributed by atoms with E-state index in [1.54, 1.807) is 0 Å². The van der Waals surface area contributed by atoms with Crippen molar-refractivity contribution in [2.45, 2.75) is 75.8 Å². The minimum atomic E-state index is -0.232. The van der Waals surface area contributed by atoms with Crippen molar-refractivity contribution in [1.82, 2.24) is 5.32 Å². The van der Waals surface area contributed by atoms with Crippen LogP contribution in [0.5, 0.6) is 0 Å². The highest BCUT2D eigenvalue weighted by Gasteiger charge is 2.40. The molecule has 0 unspecified atom stereocenters. The first-order valence-electron chi connectivity index (χ1n) is 7.97. The molecule has 1 N–H and O–H groups in total. The van der Waals surface area contributed by atoms with Crippen LogP contribution in [0.25, 0.3) is 0 Å². The van der Waals surface area contributed by atoms with Crippen molar-refractivity contribution >= 4 is 0 Å². The third kappa shape index (κ3) is 3.13. The average Bonchev–Trinajstić information content (AvgIpc) is 3.10. The third-order valence-electron chi connectivity index (χ3n) is 4.86. The molecule has 4 heteroatoms. The molecule has 0 aromatic carbocycles. The Labute approximate surface area is 116 Å². The summed E-state index contributed by atoms with van der Waals surface area (Å²) in [6, 6.07) is 1.12. The fourth-order valence-corrected chi connectivity index (χ4v) is 3.72. The van der Waals surface area contributed by atoms with Gasteiger partial charge in [-0.25, -0.2) is 0 Å². The van der Waals surface area contributed by atoms with Gasteiger partial charge in [-0.1, -0.05) is 6.92 Å². The van der Waals surface area contributed by atoms with E-state index in [1.807, 2.05) is 0 Å². The smallest absolute Gasteiger partial charge is 0.168 e. The summed E-state index contributed by atoms with van der Waals surface area (Å²) in [4.78, 5) is 0. The van der Waals surface area contributed by atoms with Gasteiger partial charge in [0.25, 0.3) is 0 Å². The SMILES string of the molecule is CC[C@H](NC1CCC2(CC1)OCCO2)[C@@H]1CCCO1. The van der Waals surface area contributed by atoms with Crippen LogP contribution in [0.4, 0.5) is 0 Å². The lowest BCUT2D eigenvalue weighted by Gasteiger charge is -2.38. The van der Waals surface area contributed by atoms with Gasteiger partial charge in [0.2, 0.25) is 0 Å². The summed E-state index contributed by atoms with van der Waals surface area (Å²) in [5.41, 5.74) is 0. The Morgan fingerprint density at radius 2 is 1.84 bits per heavy atom. The van der Waals surface area contributed by atoms with Crippen molar-refractivity contribution in [3.05, 3.63) is 0 Å². The molecule has 2 atom stereocenters. The quantitative estimate of drug-likeness (QED) is 0.849. The fourth-order valence-electron chi connectivity index (χ4n) is 3.72. The minimum Gasteiger partial charge on any atom is -0.377 e. The van der Waals surface area contributed by atoms with Gasteiger partial charge in [-0.05, 0) is 32.1 Å². The standard InChI is InChI=1S/C15H27NO3/c1-2-13(14-4-3-9-17-14)16-12-5-7-15(8-6-12)18-10-11-19-15/h12-14,16H,2-11H2,1H3/t13-,14-/m0/s1. The molecule has 0 aromatic rings. The average molecular weight is 269 g/mol. The van der Waals surface area contributed by atoms with Crippen LogP contribution in [0.1, 0.15) is 51.9 Å². The van der Waals surface area contributed by atoms with Crippen LogP contribution in [-0.2, 0) is 14.2 Å². The van der Waals surface area contributed by atoms with Crippen molar-refractivity contribution < 1.29 is 14.2 Å². The van der Waals surface area contributed by atoms with Crippen molar-refractivity contribution in [3.8, 4) is 0 Å². The highest BCUT2D eigenvalue weighted by atomic mass is 16.7. The molecule has 2 saturated heterocycles. The topological polar surface area (TPSA) is 39.7 Å². The van der Waals surface area contributed by atoms with Gasteiger partial charge in [-0.3, -0.25) is 0 Å². The molecule has 1 aliphatic carbocycles. The molecule has 1 saturated carbocycles. The van der Waals surface area contributed by atoms with Crippen LogP contribution in [-0.4, -0.2) is 43.8 Å². The maximum Gasteiger partial charge on any atom is 0.168 e. The lowest BCUT2D eigenvalue weighted by Crippen LogP contribution is -2.49. The van der Waals surface area contributed by atoms with E-state index in [9.17, 15) is 0 Å². The second kappa shape index (κ2) is 6.08. The lowest BCUT2D eigenvalue weighted by atomic mass is 9.89. The molecule has 3 fully saturated rings. The van der Waals surface area contributed by atoms with Crippen LogP contribution < -0.4 is 5.32 Å². The van der Waals surface area contributed by atoms with E-state index in [2.05, 4.69) is 12.2 Å². The molecule has 0 bridgehead atoms. The first kappa shape index (κ1) is 13.8. The van der Waals surface area contributed by atoms with Crippen molar-refractivity contribution in [3.63, 3.8) is 0 Å². The molecule has 19 heavy (non-hydrogen) atoms. The second-order valence-electron chi connectivity index (χ2n) is 6.11. The van der Waals surface area contributed by atoms with Crippen molar-refractivity contribution in [2.24, 2.45) is 0 Å². The number of ether oxygens (including phenoxy) is 3. The summed E-state index contributed by atoms with van der Waals surface area (Å²) in [5.74, 6) is -0.232. The zero-order valence-electron chi connectivity index (χ0n) is 12.0. The molecule has 110 valence electrons. The molecule has 3 rings (SSSR count). The highest BCUT2D eigenvalue weighted by molar-refractivity contribution is 4.89. The zero-order chi connectivity index (χ0) is 13.1. The van der Waals surface area contributed by atoms with E-state index in [-0.39, 0.29) is 5.79 Å². The molecule has 0 amide bonds. The van der Waals surface area contributed by atoms with Gasteiger partial charge in [-0.15, -0.1) is 0 Å². The first-order valence-corrected chi connectivity index (χ1v) is 7.97. The number of rotatable bonds is 4. The maximum atomic E-state index is 5.83. The van der Waals surface area contributed by atoms with E-state index in [0.717, 1.165) is 51.9 Å². The van der Waals surface area contributed by atoms with E-state index >= 15 is 0 Å². The van der Waals surface area contributed by atoms with Crippen LogP contribution in [0.15, 0.2) is 0 Å². The molecular formula is C15H27NO3. The van der Waals surface area contributed by atoms with Gasteiger partial charge in [0.05, 0.1) is 19.3 Å². The summed E-state index contributed by atoms with van der Waals surface area (Å²) in [6.45, 7) is 4.74. The second-order valence-corrected chi connectivity index (χ2v) is 6.11. The molecular weight excluding hydrogens is 242 g/mol. The molecule has 2 heterocycles. The van der Waals surface area contributed by atoms with Gasteiger partial charge in [0, 0.05) is 31.5 Å². The van der Waals surface area contributed by atoms with Gasteiger partial charge in [-0.2, -0.15) is 0 Å². The largest absolute Gasteiger partial charge is 0.377 e. The third-order valence-corrected chi connectivity index (χ3v) is 4.86. The van der Waals surface area contributed by atoms with Crippen molar-refractivity contribution in [1.29, 1.82) is 0 Å². The van der Waals surface area contributed by atoms with Crippen LogP contribution >= 0.6 is 0 Å². The Morgan fingerprint density at radius 1 is 1.11 bits per heavy atom. The van der Waals surface area contributed by atoms with E-state index in [1.165, 1.54) is 12.8 Å². The molecule has 2 aliphatic heterocycles. The summed E-state index contributed by atoms with van der Waals surface area (Å²) >= 11 is 0. The summed E-state index contributed by atoms with van der Waals surface area (Å²) in [5, 5.41) is 3.82.